The molecule has 0 saturated heterocycles. The van der Waals surface area contributed by atoms with E-state index in [2.05, 4.69) is 10.3 Å². The summed E-state index contributed by atoms with van der Waals surface area (Å²) in [7, 11) is 3.44. The maximum atomic E-state index is 5.87. The van der Waals surface area contributed by atoms with Crippen LogP contribution in [0, 0.1) is 0 Å². The second-order valence-corrected chi connectivity index (χ2v) is 2.75. The number of hydrogen-bond donors (Lipinski definition) is 1. The molecule has 1 heterocycles. The van der Waals surface area contributed by atoms with Crippen molar-refractivity contribution >= 4 is 0 Å². The molecule has 0 aliphatic carbocycles. The maximum Gasteiger partial charge on any atom is 0.0777 e. The maximum absolute atomic E-state index is 5.87. The van der Waals surface area contributed by atoms with Crippen LogP contribution in [0.5, 0.6) is 0 Å². The fraction of sp³-hybridized carbons (Fsp3) is 0.714. The Labute approximate surface area is 71.5 Å². The van der Waals surface area contributed by atoms with Crippen LogP contribution in [0.25, 0.3) is 0 Å². The largest absolute Gasteiger partial charge is 0.380 e. The van der Waals surface area contributed by atoms with Gasteiger partial charge < -0.3 is 10.5 Å². The molecular weight excluding hydrogens is 156 g/mol. The number of nitrogens with zero attached hydrogens (tertiary/aromatic N) is 3. The van der Waals surface area contributed by atoms with Gasteiger partial charge in [-0.2, -0.15) is 0 Å². The van der Waals surface area contributed by atoms with Crippen LogP contribution in [0.15, 0.2) is 6.20 Å². The van der Waals surface area contributed by atoms with E-state index >= 15 is 0 Å². The smallest absolute Gasteiger partial charge is 0.0777 e. The van der Waals surface area contributed by atoms with Crippen molar-refractivity contribution < 1.29 is 4.74 Å². The minimum Gasteiger partial charge on any atom is -0.380 e. The molecule has 0 amide bonds. The van der Waals surface area contributed by atoms with E-state index in [-0.39, 0.29) is 12.1 Å². The average molecular weight is 170 g/mol. The summed E-state index contributed by atoms with van der Waals surface area (Å²) in [6, 6.07) is -0.171. The molecule has 0 radical (unpaired) electrons. The number of aryl methyl sites for hydroxylation is 1. The minimum absolute atomic E-state index is 0.0257. The average Bonchev–Trinajstić information content (AvgIpc) is 2.48. The summed E-state index contributed by atoms with van der Waals surface area (Å²) in [4.78, 5) is 0. The number of hydrogen-bond acceptors (Lipinski definition) is 4. The third-order valence-corrected chi connectivity index (χ3v) is 1.97. The van der Waals surface area contributed by atoms with E-state index in [4.69, 9.17) is 10.5 Å². The first-order chi connectivity index (χ1) is 5.66. The van der Waals surface area contributed by atoms with Gasteiger partial charge in [-0.15, -0.1) is 5.10 Å². The van der Waals surface area contributed by atoms with Crippen molar-refractivity contribution in [3.63, 3.8) is 0 Å². The molecule has 5 nitrogen and oxygen atoms in total. The van der Waals surface area contributed by atoms with Crippen LogP contribution in [0.2, 0.25) is 0 Å². The lowest BCUT2D eigenvalue weighted by Crippen LogP contribution is -2.27. The summed E-state index contributed by atoms with van der Waals surface area (Å²) >= 11 is 0. The molecule has 2 atom stereocenters. The number of rotatable bonds is 3. The Morgan fingerprint density at radius 1 is 1.67 bits per heavy atom. The lowest BCUT2D eigenvalue weighted by Gasteiger charge is -2.17. The molecule has 12 heavy (non-hydrogen) atoms. The van der Waals surface area contributed by atoms with Crippen molar-refractivity contribution in [1.82, 2.24) is 15.0 Å². The highest BCUT2D eigenvalue weighted by atomic mass is 16.5. The summed E-state index contributed by atoms with van der Waals surface area (Å²) < 4.78 is 6.75. The van der Waals surface area contributed by atoms with Gasteiger partial charge in [0.15, 0.2) is 0 Å². The second kappa shape index (κ2) is 3.64. The predicted molar refractivity (Wildman–Crippen MR) is 44.4 cm³/mol. The summed E-state index contributed by atoms with van der Waals surface area (Å²) in [5, 5.41) is 7.52. The van der Waals surface area contributed by atoms with Crippen LogP contribution in [-0.2, 0) is 11.8 Å². The molecule has 0 saturated carbocycles. The van der Waals surface area contributed by atoms with Crippen molar-refractivity contribution in [2.45, 2.75) is 19.1 Å². The molecule has 68 valence electrons. The minimum atomic E-state index is -0.171. The topological polar surface area (TPSA) is 66.0 Å². The van der Waals surface area contributed by atoms with Gasteiger partial charge in [-0.05, 0) is 6.92 Å². The molecular formula is C7H14N4O. The number of methoxy groups -OCH3 is 1. The van der Waals surface area contributed by atoms with Crippen molar-refractivity contribution in [3.05, 3.63) is 11.9 Å². The first kappa shape index (κ1) is 9.15. The zero-order valence-electron chi connectivity index (χ0n) is 7.56. The fourth-order valence-electron chi connectivity index (χ4n) is 0.987. The van der Waals surface area contributed by atoms with Gasteiger partial charge in [0.2, 0.25) is 0 Å². The highest BCUT2D eigenvalue weighted by molar-refractivity contribution is 5.02. The van der Waals surface area contributed by atoms with Gasteiger partial charge >= 0.3 is 0 Å². The molecule has 0 bridgehead atoms. The van der Waals surface area contributed by atoms with Crippen molar-refractivity contribution in [1.29, 1.82) is 0 Å². The Morgan fingerprint density at radius 3 is 2.75 bits per heavy atom. The standard InChI is InChI=1S/C7H14N4O/c1-5(12-3)7(8)6-4-9-10-11(6)2/h4-5,7H,8H2,1-3H3. The third-order valence-electron chi connectivity index (χ3n) is 1.97. The van der Waals surface area contributed by atoms with E-state index in [1.54, 1.807) is 18.0 Å². The molecule has 1 aromatic heterocycles. The van der Waals surface area contributed by atoms with Crippen LogP contribution in [0.4, 0.5) is 0 Å². The van der Waals surface area contributed by atoms with E-state index in [0.717, 1.165) is 5.69 Å². The fourth-order valence-corrected chi connectivity index (χ4v) is 0.987. The number of nitrogens with two attached hydrogens (primary N) is 1. The SMILES string of the molecule is COC(C)C(N)c1cnnn1C. The van der Waals surface area contributed by atoms with Crippen molar-refractivity contribution in [2.24, 2.45) is 12.8 Å². The summed E-state index contributed by atoms with van der Waals surface area (Å²) in [5.74, 6) is 0. The molecule has 0 spiro atoms. The molecule has 0 aliphatic rings. The number of ether oxygens (including phenoxy) is 1. The number of aromatic nitrogens is 3. The highest BCUT2D eigenvalue weighted by Crippen LogP contribution is 2.13. The normalized spacial score (nSPS) is 16.0. The van der Waals surface area contributed by atoms with Gasteiger partial charge in [0.25, 0.3) is 0 Å². The monoisotopic (exact) mass is 170 g/mol. The van der Waals surface area contributed by atoms with E-state index in [0.29, 0.717) is 0 Å². The van der Waals surface area contributed by atoms with Gasteiger partial charge in [-0.3, -0.25) is 4.68 Å². The second-order valence-electron chi connectivity index (χ2n) is 2.75. The van der Waals surface area contributed by atoms with Gasteiger partial charge in [-0.25, -0.2) is 0 Å². The first-order valence-electron chi connectivity index (χ1n) is 3.79. The molecule has 0 fully saturated rings. The van der Waals surface area contributed by atoms with Crippen molar-refractivity contribution in [3.8, 4) is 0 Å². The summed E-state index contributed by atoms with van der Waals surface area (Å²) in [6.45, 7) is 1.91. The van der Waals surface area contributed by atoms with Crippen LogP contribution in [0.3, 0.4) is 0 Å². The Bertz CT molecular complexity index is 247. The zero-order chi connectivity index (χ0) is 9.14. The molecule has 0 aliphatic heterocycles. The molecule has 1 rings (SSSR count). The van der Waals surface area contributed by atoms with Gasteiger partial charge in [0.1, 0.15) is 0 Å². The molecule has 5 heteroatoms. The van der Waals surface area contributed by atoms with Crippen LogP contribution >= 0.6 is 0 Å². The summed E-state index contributed by atoms with van der Waals surface area (Å²) in [5.41, 5.74) is 6.75. The van der Waals surface area contributed by atoms with E-state index < -0.39 is 0 Å². The van der Waals surface area contributed by atoms with E-state index in [1.807, 2.05) is 14.0 Å². The van der Waals surface area contributed by atoms with Gasteiger partial charge in [0, 0.05) is 14.2 Å². The molecule has 1 aromatic rings. The van der Waals surface area contributed by atoms with Crippen LogP contribution in [0.1, 0.15) is 18.7 Å². The third kappa shape index (κ3) is 1.62. The predicted octanol–water partition coefficient (Wildman–Crippen LogP) is -0.150. The van der Waals surface area contributed by atoms with Crippen LogP contribution < -0.4 is 5.73 Å². The Kier molecular flexibility index (Phi) is 2.78. The lowest BCUT2D eigenvalue weighted by molar-refractivity contribution is 0.0933. The Hall–Kier alpha value is -0.940. The Morgan fingerprint density at radius 2 is 2.33 bits per heavy atom. The summed E-state index contributed by atoms with van der Waals surface area (Å²) in [6.07, 6.45) is 1.63. The molecule has 0 aromatic carbocycles. The van der Waals surface area contributed by atoms with Crippen molar-refractivity contribution in [2.75, 3.05) is 7.11 Å². The highest BCUT2D eigenvalue weighted by Gasteiger charge is 2.17. The van der Waals surface area contributed by atoms with Crippen LogP contribution in [-0.4, -0.2) is 28.2 Å². The van der Waals surface area contributed by atoms with Gasteiger partial charge in [-0.1, -0.05) is 5.21 Å². The molecule has 2 unspecified atom stereocenters. The van der Waals surface area contributed by atoms with E-state index in [1.165, 1.54) is 0 Å². The Balaban J connectivity index is 2.77. The quantitative estimate of drug-likeness (QED) is 0.685. The van der Waals surface area contributed by atoms with E-state index in [9.17, 15) is 0 Å². The lowest BCUT2D eigenvalue weighted by atomic mass is 10.1. The molecule has 2 N–H and O–H groups in total. The van der Waals surface area contributed by atoms with Gasteiger partial charge in [0.05, 0.1) is 24.0 Å². The first-order valence-corrected chi connectivity index (χ1v) is 3.79. The zero-order valence-corrected chi connectivity index (χ0v) is 7.56.